The van der Waals surface area contributed by atoms with Crippen molar-refractivity contribution in [2.24, 2.45) is 0 Å². The second-order valence-corrected chi connectivity index (χ2v) is 7.15. The number of rotatable bonds is 1. The second-order valence-electron chi connectivity index (χ2n) is 7.15. The van der Waals surface area contributed by atoms with Crippen molar-refractivity contribution >= 4 is 0 Å². The Morgan fingerprint density at radius 3 is 2.18 bits per heavy atom. The van der Waals surface area contributed by atoms with E-state index in [1.54, 1.807) is 19.9 Å². The predicted octanol–water partition coefficient (Wildman–Crippen LogP) is 4.85. The van der Waals surface area contributed by atoms with E-state index in [2.05, 4.69) is 32.6 Å². The summed E-state index contributed by atoms with van der Waals surface area (Å²) in [5, 5.41) is 21.2. The van der Waals surface area contributed by atoms with Crippen LogP contribution in [0.4, 0.5) is 0 Å². The Kier molecular flexibility index (Phi) is 6.83. The van der Waals surface area contributed by atoms with Gasteiger partial charge in [-0.15, -0.1) is 0 Å². The lowest BCUT2D eigenvalue weighted by molar-refractivity contribution is -0.104. The first-order valence-electron chi connectivity index (χ1n) is 8.27. The minimum Gasteiger partial charge on any atom is -0.387 e. The maximum absolute atomic E-state index is 10.9. The number of aliphatic hydroxyl groups is 2. The van der Waals surface area contributed by atoms with Crippen LogP contribution >= 0.6 is 0 Å². The summed E-state index contributed by atoms with van der Waals surface area (Å²) in [6.45, 7) is 11.7. The van der Waals surface area contributed by atoms with Crippen LogP contribution in [0.1, 0.15) is 66.2 Å². The van der Waals surface area contributed by atoms with Crippen molar-refractivity contribution < 1.29 is 10.2 Å². The van der Waals surface area contributed by atoms with Crippen molar-refractivity contribution in [2.45, 2.75) is 77.4 Å². The Morgan fingerprint density at radius 1 is 1.05 bits per heavy atom. The third-order valence-electron chi connectivity index (χ3n) is 4.54. The maximum Gasteiger partial charge on any atom is 0.111 e. The predicted molar refractivity (Wildman–Crippen MR) is 94.7 cm³/mol. The first-order valence-corrected chi connectivity index (χ1v) is 8.27. The summed E-state index contributed by atoms with van der Waals surface area (Å²) in [7, 11) is 0. The van der Waals surface area contributed by atoms with Crippen LogP contribution in [0.25, 0.3) is 0 Å². The Hall–Kier alpha value is -1.12. The summed E-state index contributed by atoms with van der Waals surface area (Å²) >= 11 is 0. The molecule has 0 aliphatic heterocycles. The van der Waals surface area contributed by atoms with E-state index in [1.807, 2.05) is 6.08 Å². The molecule has 0 aromatic carbocycles. The molecule has 0 unspecified atom stereocenters. The molecule has 0 radical (unpaired) electrons. The van der Waals surface area contributed by atoms with E-state index in [4.69, 9.17) is 0 Å². The Balaban J connectivity index is 3.01. The highest BCUT2D eigenvalue weighted by Crippen LogP contribution is 2.31. The molecule has 1 aliphatic rings. The van der Waals surface area contributed by atoms with E-state index in [0.29, 0.717) is 6.42 Å². The Morgan fingerprint density at radius 2 is 1.59 bits per heavy atom. The summed E-state index contributed by atoms with van der Waals surface area (Å²) in [6, 6.07) is 0. The molecule has 0 amide bonds. The SMILES string of the molecule is C=C1/C=C/[C@](O)(C(C)(C)O)CC/C(C)=C/CC/C(C)=C/CC1. The first kappa shape index (κ1) is 18.9. The van der Waals surface area contributed by atoms with Crippen molar-refractivity contribution in [1.29, 1.82) is 0 Å². The minimum absolute atomic E-state index is 0.511. The van der Waals surface area contributed by atoms with Crippen molar-refractivity contribution in [1.82, 2.24) is 0 Å². The molecule has 124 valence electrons. The van der Waals surface area contributed by atoms with Gasteiger partial charge in [-0.3, -0.25) is 0 Å². The molecular formula is C20H32O2. The quantitative estimate of drug-likeness (QED) is 0.680. The van der Waals surface area contributed by atoms with E-state index in [9.17, 15) is 10.2 Å². The van der Waals surface area contributed by atoms with Gasteiger partial charge >= 0.3 is 0 Å². The van der Waals surface area contributed by atoms with E-state index in [0.717, 1.165) is 37.7 Å². The summed E-state index contributed by atoms with van der Waals surface area (Å²) in [5.74, 6) is 0. The van der Waals surface area contributed by atoms with Gasteiger partial charge in [0.1, 0.15) is 5.60 Å². The first-order chi connectivity index (χ1) is 10.1. The minimum atomic E-state index is -1.24. The van der Waals surface area contributed by atoms with Crippen LogP contribution in [0, 0.1) is 0 Å². The molecule has 0 aromatic rings. The fourth-order valence-corrected chi connectivity index (χ4v) is 2.57. The molecule has 1 rings (SSSR count). The van der Waals surface area contributed by atoms with Gasteiger partial charge in [0.2, 0.25) is 0 Å². The third-order valence-corrected chi connectivity index (χ3v) is 4.54. The van der Waals surface area contributed by atoms with Gasteiger partial charge in [0.25, 0.3) is 0 Å². The zero-order valence-corrected chi connectivity index (χ0v) is 14.7. The lowest BCUT2D eigenvalue weighted by Gasteiger charge is -2.37. The van der Waals surface area contributed by atoms with Crippen molar-refractivity contribution in [3.8, 4) is 0 Å². The van der Waals surface area contributed by atoms with Crippen LogP contribution in [0.15, 0.2) is 47.6 Å². The van der Waals surface area contributed by atoms with E-state index in [-0.39, 0.29) is 0 Å². The topological polar surface area (TPSA) is 40.5 Å². The zero-order chi connectivity index (χ0) is 16.8. The Bertz CT molecular complexity index is 474. The lowest BCUT2D eigenvalue weighted by atomic mass is 9.80. The number of hydrogen-bond acceptors (Lipinski definition) is 2. The van der Waals surface area contributed by atoms with Crippen molar-refractivity contribution in [2.75, 3.05) is 0 Å². The van der Waals surface area contributed by atoms with Crippen LogP contribution in [0.2, 0.25) is 0 Å². The zero-order valence-electron chi connectivity index (χ0n) is 14.7. The van der Waals surface area contributed by atoms with Crippen LogP contribution in [-0.4, -0.2) is 21.4 Å². The smallest absolute Gasteiger partial charge is 0.111 e. The van der Waals surface area contributed by atoms with Gasteiger partial charge in [-0.1, -0.05) is 47.6 Å². The fraction of sp³-hybridized carbons (Fsp3) is 0.600. The van der Waals surface area contributed by atoms with Crippen molar-refractivity contribution in [3.63, 3.8) is 0 Å². The van der Waals surface area contributed by atoms with Gasteiger partial charge in [-0.2, -0.15) is 0 Å². The highest BCUT2D eigenvalue weighted by atomic mass is 16.4. The molecule has 2 nitrogen and oxygen atoms in total. The third kappa shape index (κ3) is 5.94. The molecule has 22 heavy (non-hydrogen) atoms. The molecular weight excluding hydrogens is 272 g/mol. The molecule has 0 fully saturated rings. The molecule has 1 atom stereocenters. The molecule has 0 heterocycles. The Labute approximate surface area is 135 Å². The molecule has 0 aromatic heterocycles. The van der Waals surface area contributed by atoms with Gasteiger partial charge in [0, 0.05) is 0 Å². The molecule has 0 bridgehead atoms. The lowest BCUT2D eigenvalue weighted by Crippen LogP contribution is -2.48. The number of hydrogen-bond donors (Lipinski definition) is 2. The highest BCUT2D eigenvalue weighted by Gasteiger charge is 2.39. The molecule has 2 heteroatoms. The van der Waals surface area contributed by atoms with Gasteiger partial charge in [-0.05, 0) is 66.2 Å². The maximum atomic E-state index is 10.9. The van der Waals surface area contributed by atoms with Crippen LogP contribution in [0.3, 0.4) is 0 Å². The molecule has 0 saturated carbocycles. The monoisotopic (exact) mass is 304 g/mol. The standard InChI is InChI=1S/C20H32O2/c1-16-8-6-10-17(2)12-14-20(22,19(4,5)21)15-13-18(3)11-7-9-16/h8,11-12,14,21-22H,2,6-7,9-10,13,15H2,1,3-5H3/b14-12+,16-8+,18-11+/t20-/m1/s1. The average molecular weight is 304 g/mol. The summed E-state index contributed by atoms with van der Waals surface area (Å²) in [4.78, 5) is 0. The van der Waals surface area contributed by atoms with Gasteiger partial charge < -0.3 is 10.2 Å². The summed E-state index contributed by atoms with van der Waals surface area (Å²) in [6.07, 6.45) is 13.4. The van der Waals surface area contributed by atoms with Crippen molar-refractivity contribution in [3.05, 3.63) is 47.6 Å². The average Bonchev–Trinajstić information content (AvgIpc) is 2.41. The van der Waals surface area contributed by atoms with Gasteiger partial charge in [0.05, 0.1) is 5.60 Å². The van der Waals surface area contributed by atoms with E-state index >= 15 is 0 Å². The number of allylic oxidation sites excluding steroid dienone is 6. The van der Waals surface area contributed by atoms with Crippen LogP contribution in [0.5, 0.6) is 0 Å². The summed E-state index contributed by atoms with van der Waals surface area (Å²) < 4.78 is 0. The molecule has 2 N–H and O–H groups in total. The molecule has 1 aliphatic carbocycles. The van der Waals surface area contributed by atoms with Crippen LogP contribution < -0.4 is 0 Å². The largest absolute Gasteiger partial charge is 0.387 e. The van der Waals surface area contributed by atoms with Gasteiger partial charge in [0.15, 0.2) is 0 Å². The second kappa shape index (κ2) is 7.94. The normalized spacial score (nSPS) is 32.4. The fourth-order valence-electron chi connectivity index (χ4n) is 2.57. The van der Waals surface area contributed by atoms with Gasteiger partial charge in [-0.25, -0.2) is 0 Å². The van der Waals surface area contributed by atoms with E-state index < -0.39 is 11.2 Å². The van der Waals surface area contributed by atoms with Crippen LogP contribution in [-0.2, 0) is 0 Å². The summed E-state index contributed by atoms with van der Waals surface area (Å²) in [5.41, 5.74) is 1.25. The highest BCUT2D eigenvalue weighted by molar-refractivity contribution is 5.22. The molecule has 0 saturated heterocycles. The molecule has 0 spiro atoms. The van der Waals surface area contributed by atoms with E-state index in [1.165, 1.54) is 11.1 Å².